The van der Waals surface area contributed by atoms with E-state index < -0.39 is 11.2 Å². The van der Waals surface area contributed by atoms with E-state index >= 15 is 0 Å². The van der Waals surface area contributed by atoms with Crippen molar-refractivity contribution in [2.24, 2.45) is 0 Å². The van der Waals surface area contributed by atoms with E-state index in [2.05, 4.69) is 15.3 Å². The zero-order chi connectivity index (χ0) is 19.2. The molecule has 8 nitrogen and oxygen atoms in total. The third-order valence-electron chi connectivity index (χ3n) is 4.69. The molecule has 0 unspecified atom stereocenters. The second-order valence-corrected chi connectivity index (χ2v) is 6.89. The highest BCUT2D eigenvalue weighted by Crippen LogP contribution is 2.23. The van der Waals surface area contributed by atoms with E-state index in [1.807, 2.05) is 19.1 Å². The number of aromatic nitrogens is 3. The Morgan fingerprint density at radius 3 is 2.70 bits per heavy atom. The van der Waals surface area contributed by atoms with Gasteiger partial charge in [0.05, 0.1) is 0 Å². The van der Waals surface area contributed by atoms with Crippen molar-refractivity contribution in [3.63, 3.8) is 0 Å². The number of hydrogen-bond acceptors (Lipinski definition) is 5. The van der Waals surface area contributed by atoms with E-state index in [1.165, 1.54) is 16.8 Å². The molecule has 1 fully saturated rings. The molecule has 1 aliphatic rings. The summed E-state index contributed by atoms with van der Waals surface area (Å²) in [6.07, 6.45) is 6.91. The molecule has 0 saturated heterocycles. The van der Waals surface area contributed by atoms with Crippen LogP contribution in [0.15, 0.2) is 40.2 Å². The van der Waals surface area contributed by atoms with Crippen LogP contribution in [0.4, 0.5) is 0 Å². The van der Waals surface area contributed by atoms with Gasteiger partial charge in [-0.3, -0.25) is 14.6 Å². The average Bonchev–Trinajstić information content (AvgIpc) is 2.64. The zero-order valence-corrected chi connectivity index (χ0v) is 15.3. The summed E-state index contributed by atoms with van der Waals surface area (Å²) < 4.78 is 7.22. The summed E-state index contributed by atoms with van der Waals surface area (Å²) in [5.41, 5.74) is 0.149. The van der Waals surface area contributed by atoms with E-state index in [4.69, 9.17) is 4.74 Å². The lowest BCUT2D eigenvalue weighted by Crippen LogP contribution is -2.40. The number of pyridine rings is 1. The molecule has 8 heteroatoms. The molecule has 2 heterocycles. The summed E-state index contributed by atoms with van der Waals surface area (Å²) in [4.78, 5) is 41.2. The molecular weight excluding hydrogens is 348 g/mol. The molecule has 0 radical (unpaired) electrons. The Hall–Kier alpha value is -2.90. The van der Waals surface area contributed by atoms with Crippen LogP contribution in [0.1, 0.15) is 37.7 Å². The summed E-state index contributed by atoms with van der Waals surface area (Å²) in [7, 11) is 0. The maximum absolute atomic E-state index is 12.1. The Morgan fingerprint density at radius 1 is 1.26 bits per heavy atom. The summed E-state index contributed by atoms with van der Waals surface area (Å²) in [5.74, 6) is 0.539. The number of amides is 1. The fraction of sp³-hybridized carbons (Fsp3) is 0.474. The van der Waals surface area contributed by atoms with Crippen LogP contribution in [0.3, 0.4) is 0 Å². The first-order valence-electron chi connectivity index (χ1n) is 9.18. The second-order valence-electron chi connectivity index (χ2n) is 6.89. The van der Waals surface area contributed by atoms with E-state index in [1.54, 1.807) is 6.20 Å². The summed E-state index contributed by atoms with van der Waals surface area (Å²) in [6, 6.07) is 5.24. The molecular formula is C19H24N4O4. The molecule has 0 aliphatic heterocycles. The highest BCUT2D eigenvalue weighted by Gasteiger charge is 2.23. The molecule has 2 N–H and O–H groups in total. The lowest BCUT2D eigenvalue weighted by molar-refractivity contribution is -0.122. The van der Waals surface area contributed by atoms with Crippen LogP contribution in [0.25, 0.3) is 0 Å². The lowest BCUT2D eigenvalue weighted by atomic mass is 9.93. The Balaban J connectivity index is 1.40. The molecule has 1 aliphatic carbocycles. The number of ether oxygens (including phenoxy) is 1. The maximum Gasteiger partial charge on any atom is 0.328 e. The normalized spacial score (nSPS) is 19.4. The second kappa shape index (κ2) is 8.66. The van der Waals surface area contributed by atoms with Crippen molar-refractivity contribution in [2.75, 3.05) is 0 Å². The van der Waals surface area contributed by atoms with Gasteiger partial charge in [0.15, 0.2) is 0 Å². The molecule has 3 rings (SSSR count). The molecule has 1 amide bonds. The van der Waals surface area contributed by atoms with Gasteiger partial charge in [0.25, 0.3) is 5.56 Å². The molecule has 0 bridgehead atoms. The lowest BCUT2D eigenvalue weighted by Gasteiger charge is -2.29. The minimum absolute atomic E-state index is 0.0994. The van der Waals surface area contributed by atoms with E-state index in [-0.39, 0.29) is 31.0 Å². The van der Waals surface area contributed by atoms with Crippen molar-refractivity contribution in [1.82, 2.24) is 19.9 Å². The van der Waals surface area contributed by atoms with E-state index in [9.17, 15) is 14.4 Å². The number of nitrogens with one attached hydrogen (secondary N) is 2. The average molecular weight is 372 g/mol. The molecule has 0 spiro atoms. The van der Waals surface area contributed by atoms with Crippen molar-refractivity contribution in [2.45, 2.75) is 57.7 Å². The topological polar surface area (TPSA) is 106 Å². The minimum Gasteiger partial charge on any atom is -0.474 e. The summed E-state index contributed by atoms with van der Waals surface area (Å²) in [5, 5.41) is 3.01. The van der Waals surface area contributed by atoms with Gasteiger partial charge in [-0.15, -0.1) is 0 Å². The smallest absolute Gasteiger partial charge is 0.328 e. The fourth-order valence-electron chi connectivity index (χ4n) is 3.16. The first kappa shape index (κ1) is 18.9. The number of carbonyl (C=O) groups is 1. The van der Waals surface area contributed by atoms with Gasteiger partial charge < -0.3 is 14.6 Å². The van der Waals surface area contributed by atoms with Gasteiger partial charge in [0, 0.05) is 43.5 Å². The predicted octanol–water partition coefficient (Wildman–Crippen LogP) is 1.14. The molecule has 27 heavy (non-hydrogen) atoms. The SMILES string of the molecule is Cc1ccc(OC2CCC(NC(=O)CCn3ccc(=O)[nH]c3=O)CC2)nc1. The van der Waals surface area contributed by atoms with Crippen LogP contribution < -0.4 is 21.3 Å². The van der Waals surface area contributed by atoms with Crippen LogP contribution >= 0.6 is 0 Å². The molecule has 1 saturated carbocycles. The van der Waals surface area contributed by atoms with Crippen LogP contribution in [-0.4, -0.2) is 32.6 Å². The first-order valence-corrected chi connectivity index (χ1v) is 9.18. The number of nitrogens with zero attached hydrogens (tertiary/aromatic N) is 2. The monoisotopic (exact) mass is 372 g/mol. The van der Waals surface area contributed by atoms with Gasteiger partial charge in [-0.1, -0.05) is 6.07 Å². The molecule has 2 aromatic rings. The van der Waals surface area contributed by atoms with Crippen LogP contribution in [0.5, 0.6) is 5.88 Å². The van der Waals surface area contributed by atoms with Gasteiger partial charge in [0.2, 0.25) is 11.8 Å². The zero-order valence-electron chi connectivity index (χ0n) is 15.3. The van der Waals surface area contributed by atoms with Crippen molar-refractivity contribution in [3.8, 4) is 5.88 Å². The minimum atomic E-state index is -0.502. The Bertz CT molecular complexity index is 880. The van der Waals surface area contributed by atoms with Crippen LogP contribution in [0.2, 0.25) is 0 Å². The quantitative estimate of drug-likeness (QED) is 0.791. The third kappa shape index (κ3) is 5.54. The number of aromatic amines is 1. The van der Waals surface area contributed by atoms with Crippen LogP contribution in [0, 0.1) is 6.92 Å². The largest absolute Gasteiger partial charge is 0.474 e. The number of carbonyl (C=O) groups excluding carboxylic acids is 1. The Labute approximate surface area is 156 Å². The highest BCUT2D eigenvalue weighted by molar-refractivity contribution is 5.76. The van der Waals surface area contributed by atoms with Gasteiger partial charge in [-0.05, 0) is 38.2 Å². The molecule has 144 valence electrons. The highest BCUT2D eigenvalue weighted by atomic mass is 16.5. The standard InChI is InChI=1S/C19H24N4O4/c1-13-2-7-18(20-12-13)27-15-5-3-14(4-6-15)21-16(24)8-10-23-11-9-17(25)22-19(23)26/h2,7,9,11-12,14-15H,3-6,8,10H2,1H3,(H,21,24)(H,22,25,26). The Kier molecular flexibility index (Phi) is 6.05. The van der Waals surface area contributed by atoms with E-state index in [0.29, 0.717) is 5.88 Å². The maximum atomic E-state index is 12.1. The predicted molar refractivity (Wildman–Crippen MR) is 99.7 cm³/mol. The molecule has 0 atom stereocenters. The van der Waals surface area contributed by atoms with Crippen molar-refractivity contribution < 1.29 is 9.53 Å². The summed E-state index contributed by atoms with van der Waals surface area (Å²) >= 11 is 0. The number of H-pyrrole nitrogens is 1. The summed E-state index contributed by atoms with van der Waals surface area (Å²) in [6.45, 7) is 2.22. The third-order valence-corrected chi connectivity index (χ3v) is 4.69. The van der Waals surface area contributed by atoms with Crippen molar-refractivity contribution >= 4 is 5.91 Å². The first-order chi connectivity index (χ1) is 13.0. The van der Waals surface area contributed by atoms with Crippen molar-refractivity contribution in [3.05, 3.63) is 57.0 Å². The van der Waals surface area contributed by atoms with Gasteiger partial charge in [-0.2, -0.15) is 0 Å². The van der Waals surface area contributed by atoms with Crippen molar-refractivity contribution in [1.29, 1.82) is 0 Å². The number of hydrogen-bond donors (Lipinski definition) is 2. The number of rotatable bonds is 6. The molecule has 2 aromatic heterocycles. The van der Waals surface area contributed by atoms with Gasteiger partial charge >= 0.3 is 5.69 Å². The molecule has 0 aromatic carbocycles. The van der Waals surface area contributed by atoms with Gasteiger partial charge in [-0.25, -0.2) is 9.78 Å². The number of aryl methyl sites for hydroxylation is 2. The fourth-order valence-corrected chi connectivity index (χ4v) is 3.16. The van der Waals surface area contributed by atoms with Crippen LogP contribution in [-0.2, 0) is 11.3 Å². The van der Waals surface area contributed by atoms with E-state index in [0.717, 1.165) is 31.2 Å². The Morgan fingerprint density at radius 2 is 2.04 bits per heavy atom. The van der Waals surface area contributed by atoms with Gasteiger partial charge in [0.1, 0.15) is 6.10 Å².